The monoisotopic (exact) mass is 374 g/mol. The predicted octanol–water partition coefficient (Wildman–Crippen LogP) is 3.74. The molecule has 1 aliphatic rings. The van der Waals surface area contributed by atoms with Crippen molar-refractivity contribution in [1.29, 1.82) is 10.7 Å². The Labute approximate surface area is 162 Å². The van der Waals surface area contributed by atoms with Gasteiger partial charge < -0.3 is 14.2 Å². The van der Waals surface area contributed by atoms with Gasteiger partial charge in [-0.2, -0.15) is 5.26 Å². The number of nitriles is 1. The minimum absolute atomic E-state index is 0.124. The van der Waals surface area contributed by atoms with E-state index in [4.69, 9.17) is 19.6 Å². The van der Waals surface area contributed by atoms with E-state index in [1.165, 1.54) is 0 Å². The molecule has 0 radical (unpaired) electrons. The summed E-state index contributed by atoms with van der Waals surface area (Å²) in [4.78, 5) is 0. The third-order valence-electron chi connectivity index (χ3n) is 4.87. The smallest absolute Gasteiger partial charge is 0.244 e. The van der Waals surface area contributed by atoms with Crippen LogP contribution in [0.2, 0.25) is 0 Å². The zero-order chi connectivity index (χ0) is 19.7. The third-order valence-corrected chi connectivity index (χ3v) is 4.87. The highest BCUT2D eigenvalue weighted by Gasteiger charge is 2.41. The van der Waals surface area contributed by atoms with Gasteiger partial charge in [0.15, 0.2) is 11.5 Å². The van der Waals surface area contributed by atoms with Crippen LogP contribution in [0.15, 0.2) is 48.5 Å². The Kier molecular flexibility index (Phi) is 4.45. The number of fused-ring (bicyclic) bond motifs is 1. The lowest BCUT2D eigenvalue weighted by molar-refractivity contribution is 0.354. The van der Waals surface area contributed by atoms with Crippen molar-refractivity contribution in [1.82, 2.24) is 10.2 Å². The van der Waals surface area contributed by atoms with E-state index in [-0.39, 0.29) is 5.90 Å². The zero-order valence-electron chi connectivity index (χ0n) is 15.4. The lowest BCUT2D eigenvalue weighted by Gasteiger charge is -2.28. The second kappa shape index (κ2) is 7.08. The van der Waals surface area contributed by atoms with Crippen LogP contribution in [-0.4, -0.2) is 30.3 Å². The number of benzene rings is 2. The molecule has 2 unspecified atom stereocenters. The van der Waals surface area contributed by atoms with Crippen LogP contribution in [0.5, 0.6) is 17.4 Å². The number of hydrogen-bond acceptors (Lipinski definition) is 6. The summed E-state index contributed by atoms with van der Waals surface area (Å²) in [6.45, 7) is 0. The van der Waals surface area contributed by atoms with E-state index in [1.807, 2.05) is 42.5 Å². The molecule has 1 aromatic heterocycles. The minimum atomic E-state index is -0.786. The van der Waals surface area contributed by atoms with Gasteiger partial charge in [0.05, 0.1) is 31.5 Å². The Hall–Kier alpha value is -3.79. The van der Waals surface area contributed by atoms with Crippen molar-refractivity contribution in [2.75, 3.05) is 14.2 Å². The van der Waals surface area contributed by atoms with Gasteiger partial charge in [0.2, 0.25) is 11.8 Å². The van der Waals surface area contributed by atoms with Crippen LogP contribution in [-0.2, 0) is 0 Å². The van der Waals surface area contributed by atoms with Crippen molar-refractivity contribution in [2.24, 2.45) is 5.92 Å². The average Bonchev–Trinajstić information content (AvgIpc) is 3.16. The van der Waals surface area contributed by atoms with Gasteiger partial charge in [-0.1, -0.05) is 36.4 Å². The van der Waals surface area contributed by atoms with Crippen molar-refractivity contribution in [3.05, 3.63) is 59.7 Å². The number of hydrogen-bond donors (Lipinski definition) is 2. The SMILES string of the molecule is COc1ccc(C2c3c(n[nH]c3-c3ccccc3)OC(=N)C2C#N)cc1OC. The van der Waals surface area contributed by atoms with Crippen LogP contribution < -0.4 is 14.2 Å². The molecule has 2 atom stereocenters. The maximum atomic E-state index is 9.79. The molecular weight excluding hydrogens is 356 g/mol. The molecule has 28 heavy (non-hydrogen) atoms. The molecule has 0 amide bonds. The first-order valence-electron chi connectivity index (χ1n) is 8.69. The third kappa shape index (κ3) is 2.76. The van der Waals surface area contributed by atoms with Crippen LogP contribution in [0.4, 0.5) is 0 Å². The summed E-state index contributed by atoms with van der Waals surface area (Å²) in [5.74, 6) is 0.121. The van der Waals surface area contributed by atoms with E-state index in [1.54, 1.807) is 20.3 Å². The second-order valence-corrected chi connectivity index (χ2v) is 6.35. The van der Waals surface area contributed by atoms with Crippen LogP contribution in [0.25, 0.3) is 11.3 Å². The Morgan fingerprint density at radius 2 is 1.86 bits per heavy atom. The van der Waals surface area contributed by atoms with Gasteiger partial charge in [-0.25, -0.2) is 0 Å². The maximum absolute atomic E-state index is 9.79. The van der Waals surface area contributed by atoms with Crippen LogP contribution in [0.3, 0.4) is 0 Å². The Balaban J connectivity index is 1.93. The number of rotatable bonds is 4. The van der Waals surface area contributed by atoms with E-state index < -0.39 is 11.8 Å². The van der Waals surface area contributed by atoms with Crippen LogP contribution in [0, 0.1) is 22.7 Å². The molecule has 0 spiro atoms. The van der Waals surface area contributed by atoms with Gasteiger partial charge in [-0.05, 0) is 23.3 Å². The first-order valence-corrected chi connectivity index (χ1v) is 8.69. The quantitative estimate of drug-likeness (QED) is 0.724. The van der Waals surface area contributed by atoms with Crippen LogP contribution >= 0.6 is 0 Å². The highest BCUT2D eigenvalue weighted by atomic mass is 16.5. The first-order chi connectivity index (χ1) is 13.7. The molecule has 0 saturated heterocycles. The largest absolute Gasteiger partial charge is 0.493 e. The normalized spacial score (nSPS) is 18.0. The molecule has 0 bridgehead atoms. The standard InChI is InChI=1S/C21H18N4O3/c1-26-15-9-8-13(10-16(15)27-2)17-14(11-22)20(23)28-21-18(17)19(24-25-21)12-6-4-3-5-7-12/h3-10,14,17,23H,1-2H3,(H,24,25). The van der Waals surface area contributed by atoms with Crippen molar-refractivity contribution in [3.63, 3.8) is 0 Å². The number of ether oxygens (including phenoxy) is 3. The number of aromatic nitrogens is 2. The molecule has 0 saturated carbocycles. The summed E-state index contributed by atoms with van der Waals surface area (Å²) in [7, 11) is 3.13. The van der Waals surface area contributed by atoms with Gasteiger partial charge in [-0.3, -0.25) is 10.5 Å². The van der Waals surface area contributed by atoms with Crippen molar-refractivity contribution >= 4 is 5.90 Å². The molecule has 4 rings (SSSR count). The number of nitrogens with zero attached hydrogens (tertiary/aromatic N) is 2. The summed E-state index contributed by atoms with van der Waals surface area (Å²) in [6, 6.07) is 17.4. The fourth-order valence-electron chi connectivity index (χ4n) is 3.55. The van der Waals surface area contributed by atoms with Crippen molar-refractivity contribution in [3.8, 4) is 34.7 Å². The van der Waals surface area contributed by atoms with E-state index in [9.17, 15) is 5.26 Å². The lowest BCUT2D eigenvalue weighted by Crippen LogP contribution is -2.30. The first kappa shape index (κ1) is 17.6. The van der Waals surface area contributed by atoms with Gasteiger partial charge >= 0.3 is 0 Å². The Bertz CT molecular complexity index is 1070. The molecule has 0 fully saturated rings. The highest BCUT2D eigenvalue weighted by molar-refractivity contribution is 5.86. The van der Waals surface area contributed by atoms with E-state index in [2.05, 4.69) is 16.3 Å². The summed E-state index contributed by atoms with van der Waals surface area (Å²) >= 11 is 0. The lowest BCUT2D eigenvalue weighted by atomic mass is 9.78. The van der Waals surface area contributed by atoms with Crippen LogP contribution in [0.1, 0.15) is 17.0 Å². The summed E-state index contributed by atoms with van der Waals surface area (Å²) < 4.78 is 16.3. The van der Waals surface area contributed by atoms with Gasteiger partial charge in [0.1, 0.15) is 5.92 Å². The molecular formula is C21H18N4O3. The molecule has 3 aromatic rings. The molecule has 2 aromatic carbocycles. The Morgan fingerprint density at radius 1 is 1.11 bits per heavy atom. The number of aromatic amines is 1. The summed E-state index contributed by atoms with van der Waals surface area (Å²) in [6.07, 6.45) is 0. The van der Waals surface area contributed by atoms with E-state index in [0.29, 0.717) is 17.4 Å². The topological polar surface area (TPSA) is 104 Å². The number of H-pyrrole nitrogens is 1. The van der Waals surface area contributed by atoms with E-state index >= 15 is 0 Å². The molecule has 140 valence electrons. The molecule has 0 aliphatic carbocycles. The number of nitrogens with one attached hydrogen (secondary N) is 2. The predicted molar refractivity (Wildman–Crippen MR) is 103 cm³/mol. The van der Waals surface area contributed by atoms with Gasteiger partial charge in [0, 0.05) is 5.92 Å². The molecule has 2 heterocycles. The summed E-state index contributed by atoms with van der Waals surface area (Å²) in [5.41, 5.74) is 3.26. The Morgan fingerprint density at radius 3 is 2.54 bits per heavy atom. The average molecular weight is 374 g/mol. The van der Waals surface area contributed by atoms with Gasteiger partial charge in [-0.15, -0.1) is 5.10 Å². The second-order valence-electron chi connectivity index (χ2n) is 6.35. The maximum Gasteiger partial charge on any atom is 0.244 e. The fourth-order valence-corrected chi connectivity index (χ4v) is 3.55. The fraction of sp³-hybridized carbons (Fsp3) is 0.190. The summed E-state index contributed by atoms with van der Waals surface area (Å²) in [5, 5.41) is 25.2. The molecule has 2 N–H and O–H groups in total. The minimum Gasteiger partial charge on any atom is -0.493 e. The van der Waals surface area contributed by atoms with E-state index in [0.717, 1.165) is 22.4 Å². The van der Waals surface area contributed by atoms with Crippen molar-refractivity contribution < 1.29 is 14.2 Å². The molecule has 7 nitrogen and oxygen atoms in total. The van der Waals surface area contributed by atoms with Gasteiger partial charge in [0.25, 0.3) is 0 Å². The molecule has 7 heteroatoms. The number of methoxy groups -OCH3 is 2. The highest BCUT2D eigenvalue weighted by Crippen LogP contribution is 2.46. The molecule has 1 aliphatic heterocycles. The van der Waals surface area contributed by atoms with Crippen molar-refractivity contribution in [2.45, 2.75) is 5.92 Å². The zero-order valence-corrected chi connectivity index (χ0v) is 15.4.